The molecule has 2 bridgehead atoms. The number of para-hydroxylation sites is 1. The van der Waals surface area contributed by atoms with Crippen LogP contribution >= 0.6 is 0 Å². The average molecular weight is 319 g/mol. The zero-order valence-electron chi connectivity index (χ0n) is 14.1. The second-order valence-electron chi connectivity index (χ2n) is 7.72. The van der Waals surface area contributed by atoms with E-state index in [0.29, 0.717) is 11.5 Å². The first-order valence-corrected chi connectivity index (χ1v) is 9.45. The molecule has 0 unspecified atom stereocenters. The van der Waals surface area contributed by atoms with Crippen molar-refractivity contribution in [2.45, 2.75) is 50.0 Å². The lowest BCUT2D eigenvalue weighted by atomic mass is 9.53. The Labute approximate surface area is 144 Å². The Kier molecular flexibility index (Phi) is 3.41. The van der Waals surface area contributed by atoms with Crippen molar-refractivity contribution in [3.05, 3.63) is 59.7 Å². The lowest BCUT2D eigenvalue weighted by Gasteiger charge is -2.56. The van der Waals surface area contributed by atoms with Crippen LogP contribution in [-0.2, 0) is 11.8 Å². The first kappa shape index (κ1) is 14.5. The molecule has 0 amide bonds. The maximum absolute atomic E-state index is 6.29. The van der Waals surface area contributed by atoms with E-state index in [0.717, 1.165) is 23.8 Å². The molecule has 1 heterocycles. The minimum Gasteiger partial charge on any atom is -0.457 e. The molecule has 3 atom stereocenters. The van der Waals surface area contributed by atoms with Gasteiger partial charge in [-0.25, -0.2) is 0 Å². The van der Waals surface area contributed by atoms with E-state index in [1.165, 1.54) is 44.2 Å². The molecule has 0 aromatic heterocycles. The number of rotatable bonds is 2. The van der Waals surface area contributed by atoms with Crippen LogP contribution in [0.1, 0.15) is 43.2 Å². The number of hydrogen-bond donors (Lipinski definition) is 1. The normalized spacial score (nSPS) is 31.0. The SMILES string of the molecule is c1ccc(Oc2cccc3c2C[C@H]2NCC[C@@]34CCCC[C@@H]24)cc1. The summed E-state index contributed by atoms with van der Waals surface area (Å²) in [5, 5.41) is 3.82. The maximum atomic E-state index is 6.29. The van der Waals surface area contributed by atoms with Crippen LogP contribution in [0.25, 0.3) is 0 Å². The van der Waals surface area contributed by atoms with Crippen molar-refractivity contribution < 1.29 is 4.74 Å². The minimum atomic E-state index is 0.401. The highest BCUT2D eigenvalue weighted by atomic mass is 16.5. The predicted molar refractivity (Wildman–Crippen MR) is 96.7 cm³/mol. The molecular weight excluding hydrogens is 294 g/mol. The second-order valence-corrected chi connectivity index (χ2v) is 7.72. The Morgan fingerprint density at radius 1 is 0.958 bits per heavy atom. The van der Waals surface area contributed by atoms with Crippen LogP contribution in [0.4, 0.5) is 0 Å². The summed E-state index contributed by atoms with van der Waals surface area (Å²) in [5.74, 6) is 2.82. The first-order valence-electron chi connectivity index (χ1n) is 9.45. The highest BCUT2D eigenvalue weighted by Gasteiger charge is 2.51. The van der Waals surface area contributed by atoms with Gasteiger partial charge in [0.25, 0.3) is 0 Å². The van der Waals surface area contributed by atoms with E-state index < -0.39 is 0 Å². The Morgan fingerprint density at radius 2 is 1.88 bits per heavy atom. The monoisotopic (exact) mass is 319 g/mol. The van der Waals surface area contributed by atoms with Crippen LogP contribution in [0.3, 0.4) is 0 Å². The standard InChI is InChI=1S/C22H25NO/c1-2-7-16(8-3-1)24-21-11-6-10-18-17(21)15-20-19-9-4-5-12-22(18,19)13-14-23-20/h1-3,6-8,10-11,19-20,23H,4-5,9,12-15H2/t19-,20+,22-/m0/s1. The van der Waals surface area contributed by atoms with Gasteiger partial charge in [0.2, 0.25) is 0 Å². The molecule has 2 heteroatoms. The number of nitrogens with one attached hydrogen (secondary N) is 1. The third kappa shape index (κ3) is 2.12. The van der Waals surface area contributed by atoms with Crippen molar-refractivity contribution in [2.24, 2.45) is 5.92 Å². The zero-order valence-corrected chi connectivity index (χ0v) is 14.1. The molecule has 3 aliphatic rings. The summed E-state index contributed by atoms with van der Waals surface area (Å²) in [6, 6.07) is 17.6. The van der Waals surface area contributed by atoms with Crippen molar-refractivity contribution in [1.82, 2.24) is 5.32 Å². The molecule has 2 aromatic carbocycles. The van der Waals surface area contributed by atoms with Crippen molar-refractivity contribution >= 4 is 0 Å². The smallest absolute Gasteiger partial charge is 0.130 e. The highest BCUT2D eigenvalue weighted by Crippen LogP contribution is 2.55. The quantitative estimate of drug-likeness (QED) is 0.856. The summed E-state index contributed by atoms with van der Waals surface area (Å²) in [7, 11) is 0. The van der Waals surface area contributed by atoms with Gasteiger partial charge in [-0.15, -0.1) is 0 Å². The zero-order chi connectivity index (χ0) is 16.0. The molecule has 1 saturated heterocycles. The van der Waals surface area contributed by atoms with Crippen LogP contribution < -0.4 is 10.1 Å². The number of piperidine rings is 1. The molecule has 1 aliphatic heterocycles. The highest BCUT2D eigenvalue weighted by molar-refractivity contribution is 5.50. The van der Waals surface area contributed by atoms with Gasteiger partial charge in [0.05, 0.1) is 0 Å². The molecule has 2 fully saturated rings. The van der Waals surface area contributed by atoms with Crippen LogP contribution in [0.15, 0.2) is 48.5 Å². The Bertz CT molecular complexity index is 737. The fraction of sp³-hybridized carbons (Fsp3) is 0.455. The Morgan fingerprint density at radius 3 is 2.79 bits per heavy atom. The van der Waals surface area contributed by atoms with Gasteiger partial charge in [-0.3, -0.25) is 0 Å². The van der Waals surface area contributed by atoms with Gasteiger partial charge in [-0.05, 0) is 61.9 Å². The van der Waals surface area contributed by atoms with Crippen molar-refractivity contribution in [3.8, 4) is 11.5 Å². The number of fused-ring (bicyclic) bond motifs is 1. The first-order chi connectivity index (χ1) is 11.9. The molecule has 1 N–H and O–H groups in total. The van der Waals surface area contributed by atoms with Crippen molar-refractivity contribution in [1.29, 1.82) is 0 Å². The van der Waals surface area contributed by atoms with E-state index in [1.807, 2.05) is 30.3 Å². The molecule has 2 aliphatic carbocycles. The number of benzene rings is 2. The third-order valence-electron chi connectivity index (χ3n) is 6.63. The summed E-state index contributed by atoms with van der Waals surface area (Å²) in [6.07, 6.45) is 7.94. The fourth-order valence-corrected chi connectivity index (χ4v) is 5.64. The van der Waals surface area contributed by atoms with Gasteiger partial charge in [-0.1, -0.05) is 43.2 Å². The lowest BCUT2D eigenvalue weighted by Crippen LogP contribution is -2.59. The summed E-state index contributed by atoms with van der Waals surface area (Å²) in [4.78, 5) is 0. The van der Waals surface area contributed by atoms with Crippen LogP contribution in [0.2, 0.25) is 0 Å². The summed E-state index contributed by atoms with van der Waals surface area (Å²) in [6.45, 7) is 1.17. The molecule has 5 rings (SSSR count). The van der Waals surface area contributed by atoms with Gasteiger partial charge in [-0.2, -0.15) is 0 Å². The molecule has 124 valence electrons. The van der Waals surface area contributed by atoms with Crippen molar-refractivity contribution in [2.75, 3.05) is 6.54 Å². The van der Waals surface area contributed by atoms with Crippen LogP contribution in [0.5, 0.6) is 11.5 Å². The predicted octanol–water partition coefficient (Wildman–Crippen LogP) is 4.82. The van der Waals surface area contributed by atoms with E-state index in [4.69, 9.17) is 4.74 Å². The number of hydrogen-bond acceptors (Lipinski definition) is 2. The van der Waals surface area contributed by atoms with E-state index in [9.17, 15) is 0 Å². The van der Waals surface area contributed by atoms with Gasteiger partial charge in [0, 0.05) is 17.0 Å². The molecule has 2 aromatic rings. The molecule has 2 nitrogen and oxygen atoms in total. The van der Waals surface area contributed by atoms with E-state index >= 15 is 0 Å². The maximum Gasteiger partial charge on any atom is 0.130 e. The van der Waals surface area contributed by atoms with E-state index in [-0.39, 0.29) is 0 Å². The topological polar surface area (TPSA) is 21.3 Å². The lowest BCUT2D eigenvalue weighted by molar-refractivity contribution is 0.0790. The Balaban J connectivity index is 1.60. The van der Waals surface area contributed by atoms with Crippen LogP contribution in [0, 0.1) is 5.92 Å². The van der Waals surface area contributed by atoms with Gasteiger partial charge >= 0.3 is 0 Å². The molecule has 0 spiro atoms. The average Bonchev–Trinajstić information content (AvgIpc) is 2.63. The van der Waals surface area contributed by atoms with Crippen LogP contribution in [-0.4, -0.2) is 12.6 Å². The van der Waals surface area contributed by atoms with E-state index in [1.54, 1.807) is 5.56 Å². The fourth-order valence-electron chi connectivity index (χ4n) is 5.64. The summed E-state index contributed by atoms with van der Waals surface area (Å²) in [5.41, 5.74) is 3.45. The third-order valence-corrected chi connectivity index (χ3v) is 6.63. The minimum absolute atomic E-state index is 0.401. The number of ether oxygens (including phenoxy) is 1. The molecule has 1 saturated carbocycles. The largest absolute Gasteiger partial charge is 0.457 e. The summed E-state index contributed by atoms with van der Waals surface area (Å²) < 4.78 is 6.29. The Hall–Kier alpha value is -1.80. The van der Waals surface area contributed by atoms with Gasteiger partial charge < -0.3 is 10.1 Å². The van der Waals surface area contributed by atoms with Gasteiger partial charge in [0.1, 0.15) is 11.5 Å². The molecule has 24 heavy (non-hydrogen) atoms. The summed E-state index contributed by atoms with van der Waals surface area (Å²) >= 11 is 0. The molecule has 0 radical (unpaired) electrons. The van der Waals surface area contributed by atoms with E-state index in [2.05, 4.69) is 23.5 Å². The molecular formula is C22H25NO. The van der Waals surface area contributed by atoms with Crippen molar-refractivity contribution in [3.63, 3.8) is 0 Å². The van der Waals surface area contributed by atoms with Gasteiger partial charge in [0.15, 0.2) is 0 Å². The second kappa shape index (κ2) is 5.63.